The quantitative estimate of drug-likeness (QED) is 0.800. The summed E-state index contributed by atoms with van der Waals surface area (Å²) >= 11 is 0. The van der Waals surface area contributed by atoms with Crippen molar-refractivity contribution in [1.29, 1.82) is 0 Å². The maximum atomic E-state index is 12.6. The molecule has 1 heterocycles. The third-order valence-electron chi connectivity index (χ3n) is 2.34. The van der Waals surface area contributed by atoms with Crippen molar-refractivity contribution in [1.82, 2.24) is 10.3 Å². The Balaban J connectivity index is 2.60. The van der Waals surface area contributed by atoms with Gasteiger partial charge in [0.15, 0.2) is 0 Å². The summed E-state index contributed by atoms with van der Waals surface area (Å²) in [4.78, 5) is 4.03. The first kappa shape index (κ1) is 11.1. The number of nitrogens with one attached hydrogen (secondary N) is 1. The van der Waals surface area contributed by atoms with Gasteiger partial charge in [-0.25, -0.2) is 4.39 Å². The van der Waals surface area contributed by atoms with Gasteiger partial charge in [0.1, 0.15) is 5.82 Å². The number of nitrogens with zero attached hydrogens (tertiary/aromatic N) is 1. The predicted molar refractivity (Wildman–Crippen MR) is 55.5 cm³/mol. The van der Waals surface area contributed by atoms with E-state index in [1.807, 2.05) is 6.92 Å². The van der Waals surface area contributed by atoms with Crippen LogP contribution in [-0.2, 0) is 0 Å². The molecule has 3 heteroatoms. The summed E-state index contributed by atoms with van der Waals surface area (Å²) < 4.78 is 12.6. The summed E-state index contributed by atoms with van der Waals surface area (Å²) in [5, 5.41) is 3.38. The van der Waals surface area contributed by atoms with E-state index in [-0.39, 0.29) is 11.9 Å². The highest BCUT2D eigenvalue weighted by Crippen LogP contribution is 2.10. The van der Waals surface area contributed by atoms with Gasteiger partial charge in [-0.1, -0.05) is 6.92 Å². The van der Waals surface area contributed by atoms with Crippen molar-refractivity contribution in [2.24, 2.45) is 0 Å². The highest BCUT2D eigenvalue weighted by atomic mass is 19.1. The number of hydrogen-bond donors (Lipinski definition) is 1. The van der Waals surface area contributed by atoms with Gasteiger partial charge < -0.3 is 5.32 Å². The van der Waals surface area contributed by atoms with Crippen LogP contribution in [0.5, 0.6) is 0 Å². The standard InChI is InChI=1S/C11H17FN2/c1-4-8(2)14-9(3)11-6-5-10(12)7-13-11/h5-9,14H,4H2,1-3H3. The van der Waals surface area contributed by atoms with Crippen LogP contribution in [0, 0.1) is 5.82 Å². The lowest BCUT2D eigenvalue weighted by atomic mass is 10.1. The topological polar surface area (TPSA) is 24.9 Å². The number of rotatable bonds is 4. The fourth-order valence-electron chi connectivity index (χ4n) is 1.27. The van der Waals surface area contributed by atoms with E-state index in [9.17, 15) is 4.39 Å². The van der Waals surface area contributed by atoms with Crippen molar-refractivity contribution in [3.8, 4) is 0 Å². The van der Waals surface area contributed by atoms with Gasteiger partial charge in [0.2, 0.25) is 0 Å². The Kier molecular flexibility index (Phi) is 4.01. The first-order valence-corrected chi connectivity index (χ1v) is 5.01. The lowest BCUT2D eigenvalue weighted by molar-refractivity contribution is 0.461. The van der Waals surface area contributed by atoms with Gasteiger partial charge in [0, 0.05) is 12.1 Å². The first-order valence-electron chi connectivity index (χ1n) is 5.01. The maximum Gasteiger partial charge on any atom is 0.141 e. The zero-order chi connectivity index (χ0) is 10.6. The van der Waals surface area contributed by atoms with Crippen LogP contribution in [0.4, 0.5) is 4.39 Å². The minimum atomic E-state index is -0.288. The van der Waals surface area contributed by atoms with Crippen molar-refractivity contribution in [3.05, 3.63) is 29.8 Å². The molecular formula is C11H17FN2. The average Bonchev–Trinajstić information content (AvgIpc) is 2.18. The Labute approximate surface area is 84.6 Å². The molecule has 0 fully saturated rings. The Morgan fingerprint density at radius 3 is 2.64 bits per heavy atom. The second kappa shape index (κ2) is 5.05. The van der Waals surface area contributed by atoms with Gasteiger partial charge in [-0.15, -0.1) is 0 Å². The molecule has 2 nitrogen and oxygen atoms in total. The van der Waals surface area contributed by atoms with Crippen LogP contribution in [0.25, 0.3) is 0 Å². The molecule has 0 aliphatic heterocycles. The second-order valence-corrected chi connectivity index (χ2v) is 3.60. The van der Waals surface area contributed by atoms with Crippen LogP contribution in [0.2, 0.25) is 0 Å². The molecule has 0 bridgehead atoms. The van der Waals surface area contributed by atoms with Gasteiger partial charge in [-0.2, -0.15) is 0 Å². The summed E-state index contributed by atoms with van der Waals surface area (Å²) in [6, 6.07) is 3.79. The van der Waals surface area contributed by atoms with E-state index in [1.165, 1.54) is 12.3 Å². The van der Waals surface area contributed by atoms with E-state index < -0.39 is 0 Å². The minimum absolute atomic E-state index is 0.172. The van der Waals surface area contributed by atoms with Gasteiger partial charge in [-0.05, 0) is 32.4 Å². The summed E-state index contributed by atoms with van der Waals surface area (Å²) in [6.07, 6.45) is 2.33. The molecule has 0 saturated heterocycles. The van der Waals surface area contributed by atoms with Gasteiger partial charge >= 0.3 is 0 Å². The molecule has 2 atom stereocenters. The van der Waals surface area contributed by atoms with E-state index >= 15 is 0 Å². The molecule has 0 spiro atoms. The van der Waals surface area contributed by atoms with Crippen molar-refractivity contribution in [3.63, 3.8) is 0 Å². The molecule has 1 aromatic heterocycles. The van der Waals surface area contributed by atoms with Gasteiger partial charge in [-0.3, -0.25) is 4.98 Å². The monoisotopic (exact) mass is 196 g/mol. The van der Waals surface area contributed by atoms with E-state index in [0.717, 1.165) is 12.1 Å². The van der Waals surface area contributed by atoms with E-state index in [1.54, 1.807) is 6.07 Å². The number of hydrogen-bond acceptors (Lipinski definition) is 2. The Hall–Kier alpha value is -0.960. The highest BCUT2D eigenvalue weighted by Gasteiger charge is 2.08. The molecule has 2 unspecified atom stereocenters. The highest BCUT2D eigenvalue weighted by molar-refractivity contribution is 5.09. The molecule has 0 aliphatic rings. The molecule has 1 aromatic rings. The van der Waals surface area contributed by atoms with Crippen LogP contribution in [0.3, 0.4) is 0 Å². The first-order chi connectivity index (χ1) is 6.63. The minimum Gasteiger partial charge on any atom is -0.306 e. The third kappa shape index (κ3) is 3.07. The normalized spacial score (nSPS) is 15.1. The van der Waals surface area contributed by atoms with Crippen molar-refractivity contribution in [2.45, 2.75) is 39.3 Å². The number of aromatic nitrogens is 1. The molecule has 0 saturated carbocycles. The smallest absolute Gasteiger partial charge is 0.141 e. The summed E-state index contributed by atoms with van der Waals surface area (Å²) in [7, 11) is 0. The molecule has 1 rings (SSSR count). The molecule has 0 radical (unpaired) electrons. The zero-order valence-electron chi connectivity index (χ0n) is 8.92. The molecule has 0 aliphatic carbocycles. The van der Waals surface area contributed by atoms with Crippen molar-refractivity contribution < 1.29 is 4.39 Å². The van der Waals surface area contributed by atoms with Crippen LogP contribution >= 0.6 is 0 Å². The summed E-state index contributed by atoms with van der Waals surface area (Å²) in [6.45, 7) is 6.29. The predicted octanol–water partition coefficient (Wildman–Crippen LogP) is 2.67. The van der Waals surface area contributed by atoms with E-state index in [4.69, 9.17) is 0 Å². The van der Waals surface area contributed by atoms with Gasteiger partial charge in [0.25, 0.3) is 0 Å². The fourth-order valence-corrected chi connectivity index (χ4v) is 1.27. The molecule has 0 aromatic carbocycles. The van der Waals surface area contributed by atoms with Crippen molar-refractivity contribution >= 4 is 0 Å². The molecule has 1 N–H and O–H groups in total. The van der Waals surface area contributed by atoms with Crippen LogP contribution in [-0.4, -0.2) is 11.0 Å². The molecular weight excluding hydrogens is 179 g/mol. The average molecular weight is 196 g/mol. The Bertz CT molecular complexity index is 271. The van der Waals surface area contributed by atoms with Crippen LogP contribution < -0.4 is 5.32 Å². The van der Waals surface area contributed by atoms with Crippen molar-refractivity contribution in [2.75, 3.05) is 0 Å². The van der Waals surface area contributed by atoms with Crippen LogP contribution in [0.15, 0.2) is 18.3 Å². The van der Waals surface area contributed by atoms with E-state index in [2.05, 4.69) is 24.1 Å². The third-order valence-corrected chi connectivity index (χ3v) is 2.34. The second-order valence-electron chi connectivity index (χ2n) is 3.60. The molecule has 14 heavy (non-hydrogen) atoms. The maximum absolute atomic E-state index is 12.6. The lowest BCUT2D eigenvalue weighted by Gasteiger charge is -2.18. The Morgan fingerprint density at radius 2 is 2.14 bits per heavy atom. The van der Waals surface area contributed by atoms with Crippen LogP contribution in [0.1, 0.15) is 38.9 Å². The largest absolute Gasteiger partial charge is 0.306 e. The summed E-state index contributed by atoms with van der Waals surface area (Å²) in [5.41, 5.74) is 0.881. The molecule has 78 valence electrons. The van der Waals surface area contributed by atoms with Gasteiger partial charge in [0.05, 0.1) is 11.9 Å². The summed E-state index contributed by atoms with van der Waals surface area (Å²) in [5.74, 6) is -0.288. The fraction of sp³-hybridized carbons (Fsp3) is 0.545. The Morgan fingerprint density at radius 1 is 1.43 bits per heavy atom. The van der Waals surface area contributed by atoms with E-state index in [0.29, 0.717) is 6.04 Å². The lowest BCUT2D eigenvalue weighted by Crippen LogP contribution is -2.28. The number of pyridine rings is 1. The SMILES string of the molecule is CCC(C)NC(C)c1ccc(F)cn1. The zero-order valence-corrected chi connectivity index (χ0v) is 8.92. The number of halogens is 1. The molecule has 0 amide bonds.